The fraction of sp³-hybridized carbons (Fsp3) is 0.118. The van der Waals surface area contributed by atoms with Crippen LogP contribution in [0.2, 0.25) is 10.0 Å². The van der Waals surface area contributed by atoms with Crippen molar-refractivity contribution in [2.45, 2.75) is 10.0 Å². The van der Waals surface area contributed by atoms with E-state index < -0.39 is 37.6 Å². The minimum Gasteiger partial charge on any atom is -0.467 e. The molecule has 0 radical (unpaired) electrons. The summed E-state index contributed by atoms with van der Waals surface area (Å²) in [6.07, 6.45) is 0. The largest absolute Gasteiger partial charge is 0.467 e. The van der Waals surface area contributed by atoms with E-state index in [9.17, 15) is 13.2 Å². The molecule has 0 amide bonds. The topological polar surface area (TPSA) is 95.7 Å². The molecule has 0 saturated heterocycles. The first-order valence-corrected chi connectivity index (χ1v) is 10.8. The van der Waals surface area contributed by atoms with Crippen molar-refractivity contribution in [3.63, 3.8) is 0 Å². The zero-order valence-electron chi connectivity index (χ0n) is 15.9. The van der Waals surface area contributed by atoms with Gasteiger partial charge in [-0.15, -0.1) is 0 Å². The van der Waals surface area contributed by atoms with Gasteiger partial charge in [-0.2, -0.15) is 8.42 Å². The molecule has 0 fully saturated rings. The van der Waals surface area contributed by atoms with E-state index in [1.165, 1.54) is 41.7 Å². The van der Waals surface area contributed by atoms with Crippen molar-refractivity contribution >= 4 is 62.6 Å². The molecule has 1 aliphatic heterocycles. The summed E-state index contributed by atoms with van der Waals surface area (Å²) >= 11 is 12.1. The van der Waals surface area contributed by atoms with E-state index in [0.717, 1.165) is 0 Å². The van der Waals surface area contributed by atoms with E-state index in [1.807, 2.05) is 0 Å². The van der Waals surface area contributed by atoms with Crippen LogP contribution >= 0.6 is 23.2 Å². The minimum absolute atomic E-state index is 0.176. The van der Waals surface area contributed by atoms with E-state index in [1.54, 1.807) is 30.3 Å². The number of ketones is 1. The standard InChI is InChI=1S/C17H16B3Cl2NO5S/c18-16(11-7-6-10(21)8-12(11)22)14(24)13(15(23)27-16)28-29(25,26)17(19,20)9-4-2-1-3-5-9/h1-8H,18-20,23H2. The Morgan fingerprint density at radius 3 is 2.31 bits per heavy atom. The van der Waals surface area contributed by atoms with Crippen LogP contribution in [0.5, 0.6) is 0 Å². The monoisotopic (exact) mass is 449 g/mol. The minimum atomic E-state index is -4.30. The molecule has 0 bridgehead atoms. The molecule has 1 unspecified atom stereocenters. The molecule has 3 rings (SSSR count). The number of nitrogens with two attached hydrogens (primary N) is 1. The van der Waals surface area contributed by atoms with Crippen LogP contribution in [-0.2, 0) is 33.9 Å². The van der Waals surface area contributed by atoms with Crippen molar-refractivity contribution in [2.24, 2.45) is 5.73 Å². The van der Waals surface area contributed by atoms with Crippen molar-refractivity contribution in [2.75, 3.05) is 0 Å². The van der Waals surface area contributed by atoms with Crippen LogP contribution in [0.1, 0.15) is 11.1 Å². The normalized spacial score (nSPS) is 19.9. The Labute approximate surface area is 181 Å². The van der Waals surface area contributed by atoms with Crippen LogP contribution in [0, 0.1) is 0 Å². The number of carbonyl (C=O) groups is 1. The maximum absolute atomic E-state index is 13.1. The number of halogens is 2. The SMILES string of the molecule is BC1(c2ccc(Cl)cc2Cl)OC(N)=C(OS(=O)(=O)C(B)(B)c2ccccc2)C1=O. The van der Waals surface area contributed by atoms with Gasteiger partial charge in [-0.25, -0.2) is 0 Å². The summed E-state index contributed by atoms with van der Waals surface area (Å²) in [6.45, 7) is 0. The molecule has 0 aliphatic carbocycles. The van der Waals surface area contributed by atoms with Gasteiger partial charge in [-0.05, 0) is 17.7 Å². The smallest absolute Gasteiger partial charge is 0.304 e. The van der Waals surface area contributed by atoms with Crippen molar-refractivity contribution in [3.8, 4) is 0 Å². The van der Waals surface area contributed by atoms with Crippen molar-refractivity contribution in [3.05, 3.63) is 81.3 Å². The highest BCUT2D eigenvalue weighted by atomic mass is 35.5. The van der Waals surface area contributed by atoms with Crippen LogP contribution < -0.4 is 5.73 Å². The average molecular weight is 450 g/mol. The Kier molecular flexibility index (Phi) is 5.49. The lowest BCUT2D eigenvalue weighted by atomic mass is 9.65. The molecule has 6 nitrogen and oxygen atoms in total. The molecule has 1 atom stereocenters. The maximum atomic E-state index is 13.1. The van der Waals surface area contributed by atoms with Gasteiger partial charge in [0.05, 0.1) is 4.55 Å². The van der Waals surface area contributed by atoms with Crippen molar-refractivity contribution < 1.29 is 22.1 Å². The summed E-state index contributed by atoms with van der Waals surface area (Å²) in [7, 11) is 0.0813. The van der Waals surface area contributed by atoms with Gasteiger partial charge in [0.25, 0.3) is 0 Å². The van der Waals surface area contributed by atoms with E-state index in [-0.39, 0.29) is 10.6 Å². The molecular formula is C17H16B3Cl2NO5S. The Balaban J connectivity index is 1.96. The third-order valence-electron chi connectivity index (χ3n) is 4.91. The zero-order valence-corrected chi connectivity index (χ0v) is 18.2. The summed E-state index contributed by atoms with van der Waals surface area (Å²) in [5.41, 5.74) is 4.97. The summed E-state index contributed by atoms with van der Waals surface area (Å²) in [6, 6.07) is 13.0. The lowest BCUT2D eigenvalue weighted by molar-refractivity contribution is -0.126. The maximum Gasteiger partial charge on any atom is 0.304 e. The van der Waals surface area contributed by atoms with Crippen LogP contribution in [-0.4, -0.2) is 37.7 Å². The fourth-order valence-electron chi connectivity index (χ4n) is 2.97. The predicted octanol–water partition coefficient (Wildman–Crippen LogP) is -0.0705. The lowest BCUT2D eigenvalue weighted by Crippen LogP contribution is -2.40. The summed E-state index contributed by atoms with van der Waals surface area (Å²) in [4.78, 5) is 13.1. The number of benzene rings is 2. The average Bonchev–Trinajstić information content (AvgIpc) is 2.85. The number of Topliss-reactive ketones (excluding diaryl/α,β-unsaturated/α-hetero) is 1. The number of rotatable bonds is 5. The van der Waals surface area contributed by atoms with Crippen LogP contribution in [0.4, 0.5) is 0 Å². The van der Waals surface area contributed by atoms with E-state index in [0.29, 0.717) is 10.6 Å². The Bertz CT molecular complexity index is 1130. The Hall–Kier alpha value is -2.03. The molecule has 2 N–H and O–H groups in total. The molecule has 12 heteroatoms. The highest BCUT2D eigenvalue weighted by Gasteiger charge is 2.51. The third kappa shape index (κ3) is 3.65. The van der Waals surface area contributed by atoms with Crippen molar-refractivity contribution in [1.82, 2.24) is 0 Å². The highest BCUT2D eigenvalue weighted by Crippen LogP contribution is 2.40. The fourth-order valence-corrected chi connectivity index (χ4v) is 4.57. The zero-order chi connectivity index (χ0) is 21.6. The first-order valence-electron chi connectivity index (χ1n) is 8.59. The van der Waals surface area contributed by atoms with Gasteiger partial charge in [0.1, 0.15) is 15.7 Å². The molecule has 2 aromatic rings. The molecule has 2 aromatic carbocycles. The number of hydrogen-bond donors (Lipinski definition) is 1. The van der Waals surface area contributed by atoms with Gasteiger partial charge < -0.3 is 14.7 Å². The first kappa shape index (κ1) is 21.7. The van der Waals surface area contributed by atoms with Gasteiger partial charge in [0.15, 0.2) is 13.3 Å². The Morgan fingerprint density at radius 2 is 1.72 bits per heavy atom. The van der Waals surface area contributed by atoms with Gasteiger partial charge in [0, 0.05) is 15.6 Å². The van der Waals surface area contributed by atoms with Gasteiger partial charge in [0.2, 0.25) is 17.4 Å². The predicted molar refractivity (Wildman–Crippen MR) is 119 cm³/mol. The summed E-state index contributed by atoms with van der Waals surface area (Å²) < 4.78 is 35.3. The number of hydrogen-bond acceptors (Lipinski definition) is 6. The summed E-state index contributed by atoms with van der Waals surface area (Å²) in [5.74, 6) is -1.77. The Morgan fingerprint density at radius 1 is 1.10 bits per heavy atom. The second-order valence-electron chi connectivity index (χ2n) is 7.20. The second-order valence-corrected chi connectivity index (χ2v) is 10.1. The van der Waals surface area contributed by atoms with Crippen LogP contribution in [0.25, 0.3) is 0 Å². The van der Waals surface area contributed by atoms with Crippen LogP contribution in [0.3, 0.4) is 0 Å². The van der Waals surface area contributed by atoms with E-state index in [4.69, 9.17) is 37.9 Å². The quantitative estimate of drug-likeness (QED) is 0.507. The molecular weight excluding hydrogens is 434 g/mol. The van der Waals surface area contributed by atoms with Crippen molar-refractivity contribution in [1.29, 1.82) is 0 Å². The molecule has 148 valence electrons. The van der Waals surface area contributed by atoms with E-state index in [2.05, 4.69) is 0 Å². The summed E-state index contributed by atoms with van der Waals surface area (Å²) in [5, 5.41) is 0.548. The molecule has 1 aliphatic rings. The van der Waals surface area contributed by atoms with Crippen LogP contribution in [0.15, 0.2) is 60.2 Å². The molecule has 1 heterocycles. The molecule has 29 heavy (non-hydrogen) atoms. The van der Waals surface area contributed by atoms with Gasteiger partial charge >= 0.3 is 10.1 Å². The second kappa shape index (κ2) is 7.34. The third-order valence-corrected chi connectivity index (χ3v) is 7.33. The number of carbonyl (C=O) groups excluding carboxylic acids is 1. The molecule has 0 saturated carbocycles. The van der Waals surface area contributed by atoms with Gasteiger partial charge in [-0.1, -0.05) is 59.6 Å². The van der Waals surface area contributed by atoms with Gasteiger partial charge in [-0.3, -0.25) is 4.79 Å². The molecule has 0 aromatic heterocycles. The molecule has 0 spiro atoms. The highest BCUT2D eigenvalue weighted by molar-refractivity contribution is 7.90. The van der Waals surface area contributed by atoms with E-state index >= 15 is 0 Å². The first-order chi connectivity index (χ1) is 13.4. The number of ether oxygens (including phenoxy) is 1. The lowest BCUT2D eigenvalue weighted by Gasteiger charge is -2.26.